The molecule has 0 fully saturated rings. The Hall–Kier alpha value is -3.18. The highest BCUT2D eigenvalue weighted by Crippen LogP contribution is 2.20. The molecule has 0 saturated heterocycles. The van der Waals surface area contributed by atoms with Gasteiger partial charge in [0.1, 0.15) is 0 Å². The van der Waals surface area contributed by atoms with Gasteiger partial charge in [-0.1, -0.05) is 29.8 Å². The van der Waals surface area contributed by atoms with Gasteiger partial charge in [-0.3, -0.25) is 14.6 Å². The van der Waals surface area contributed by atoms with E-state index < -0.39 is 0 Å². The van der Waals surface area contributed by atoms with E-state index in [4.69, 9.17) is 11.6 Å². The molecule has 0 radical (unpaired) electrons. The van der Waals surface area contributed by atoms with Crippen LogP contribution in [0, 0.1) is 6.92 Å². The summed E-state index contributed by atoms with van der Waals surface area (Å²) < 4.78 is 0. The average molecular weight is 380 g/mol. The Morgan fingerprint density at radius 1 is 1.00 bits per heavy atom. The summed E-state index contributed by atoms with van der Waals surface area (Å²) in [5.74, 6) is -0.566. The number of benzene rings is 2. The molecule has 5 nitrogen and oxygen atoms in total. The Labute approximate surface area is 162 Å². The summed E-state index contributed by atoms with van der Waals surface area (Å²) in [5, 5.41) is 6.18. The number of carbonyl (C=O) groups excluding carboxylic acids is 2. The zero-order valence-corrected chi connectivity index (χ0v) is 15.5. The number of carbonyl (C=O) groups is 2. The molecule has 0 bridgehead atoms. The minimum atomic E-state index is -0.308. The first-order valence-corrected chi connectivity index (χ1v) is 8.75. The molecule has 1 heterocycles. The van der Waals surface area contributed by atoms with E-state index in [1.807, 2.05) is 25.1 Å². The SMILES string of the molecule is Cc1ccc(NC(=O)c2cccc(C(=O)NCc3cccnc3)c2)cc1Cl. The Balaban J connectivity index is 1.67. The minimum Gasteiger partial charge on any atom is -0.348 e. The Morgan fingerprint density at radius 2 is 1.78 bits per heavy atom. The van der Waals surface area contributed by atoms with Crippen LogP contribution in [0.25, 0.3) is 0 Å². The molecule has 0 spiro atoms. The van der Waals surface area contributed by atoms with Crippen LogP contribution in [0.5, 0.6) is 0 Å². The van der Waals surface area contributed by atoms with Crippen molar-refractivity contribution >= 4 is 29.1 Å². The van der Waals surface area contributed by atoms with Crippen LogP contribution in [0.4, 0.5) is 5.69 Å². The lowest BCUT2D eigenvalue weighted by Gasteiger charge is -2.09. The van der Waals surface area contributed by atoms with Crippen molar-refractivity contribution in [3.8, 4) is 0 Å². The van der Waals surface area contributed by atoms with E-state index in [1.165, 1.54) is 0 Å². The van der Waals surface area contributed by atoms with E-state index in [9.17, 15) is 9.59 Å². The first-order chi connectivity index (χ1) is 13.0. The second kappa shape index (κ2) is 8.47. The highest BCUT2D eigenvalue weighted by molar-refractivity contribution is 6.31. The van der Waals surface area contributed by atoms with Gasteiger partial charge >= 0.3 is 0 Å². The molecular weight excluding hydrogens is 362 g/mol. The van der Waals surface area contributed by atoms with E-state index >= 15 is 0 Å². The van der Waals surface area contributed by atoms with Crippen LogP contribution in [-0.4, -0.2) is 16.8 Å². The first kappa shape index (κ1) is 18.6. The van der Waals surface area contributed by atoms with Crippen LogP contribution in [0.1, 0.15) is 31.8 Å². The van der Waals surface area contributed by atoms with Crippen LogP contribution in [-0.2, 0) is 6.54 Å². The Morgan fingerprint density at radius 3 is 2.48 bits per heavy atom. The molecule has 3 aromatic rings. The smallest absolute Gasteiger partial charge is 0.255 e. The number of anilines is 1. The third kappa shape index (κ3) is 4.92. The van der Waals surface area contributed by atoms with Crippen molar-refractivity contribution in [3.63, 3.8) is 0 Å². The van der Waals surface area contributed by atoms with Crippen molar-refractivity contribution in [2.24, 2.45) is 0 Å². The number of rotatable bonds is 5. The van der Waals surface area contributed by atoms with Crippen molar-refractivity contribution in [1.82, 2.24) is 10.3 Å². The lowest BCUT2D eigenvalue weighted by molar-refractivity contribution is 0.0951. The number of aromatic nitrogens is 1. The molecular formula is C21H18ClN3O2. The fraction of sp³-hybridized carbons (Fsp3) is 0.0952. The molecule has 2 amide bonds. The summed E-state index contributed by atoms with van der Waals surface area (Å²) in [7, 11) is 0. The van der Waals surface area contributed by atoms with Gasteiger partial charge in [0, 0.05) is 40.8 Å². The number of aryl methyl sites for hydroxylation is 1. The molecule has 0 aliphatic rings. The number of nitrogens with one attached hydrogen (secondary N) is 2. The van der Waals surface area contributed by atoms with Crippen LogP contribution in [0.3, 0.4) is 0 Å². The third-order valence-corrected chi connectivity index (χ3v) is 4.40. The number of hydrogen-bond donors (Lipinski definition) is 2. The van der Waals surface area contributed by atoms with Crippen LogP contribution in [0.15, 0.2) is 67.0 Å². The fourth-order valence-corrected chi connectivity index (χ4v) is 2.64. The van der Waals surface area contributed by atoms with E-state index in [0.717, 1.165) is 11.1 Å². The number of amides is 2. The van der Waals surface area contributed by atoms with E-state index in [-0.39, 0.29) is 11.8 Å². The van der Waals surface area contributed by atoms with Crippen molar-refractivity contribution < 1.29 is 9.59 Å². The summed E-state index contributed by atoms with van der Waals surface area (Å²) in [6, 6.07) is 15.6. The van der Waals surface area contributed by atoms with Gasteiger partial charge in [-0.15, -0.1) is 0 Å². The number of pyridine rings is 1. The van der Waals surface area contributed by atoms with Gasteiger partial charge in [-0.25, -0.2) is 0 Å². The summed E-state index contributed by atoms with van der Waals surface area (Å²) in [6.45, 7) is 2.26. The summed E-state index contributed by atoms with van der Waals surface area (Å²) in [5.41, 5.74) is 3.23. The minimum absolute atomic E-state index is 0.258. The molecule has 6 heteroatoms. The highest BCUT2D eigenvalue weighted by Gasteiger charge is 2.11. The van der Waals surface area contributed by atoms with Gasteiger partial charge < -0.3 is 10.6 Å². The molecule has 27 heavy (non-hydrogen) atoms. The van der Waals surface area contributed by atoms with Crippen molar-refractivity contribution in [3.05, 3.63) is 94.3 Å². The third-order valence-electron chi connectivity index (χ3n) is 3.99. The maximum atomic E-state index is 12.5. The van der Waals surface area contributed by atoms with Gasteiger partial charge in [0.2, 0.25) is 0 Å². The van der Waals surface area contributed by atoms with E-state index in [1.54, 1.807) is 48.8 Å². The molecule has 0 unspecified atom stereocenters. The maximum absolute atomic E-state index is 12.5. The molecule has 0 saturated carbocycles. The predicted octanol–water partition coefficient (Wildman–Crippen LogP) is 4.23. The zero-order valence-electron chi connectivity index (χ0n) is 14.7. The molecule has 3 rings (SSSR count). The molecule has 136 valence electrons. The lowest BCUT2D eigenvalue weighted by Crippen LogP contribution is -2.23. The van der Waals surface area contributed by atoms with Gasteiger partial charge in [0.15, 0.2) is 0 Å². The largest absolute Gasteiger partial charge is 0.348 e. The Kier molecular flexibility index (Phi) is 5.84. The quantitative estimate of drug-likeness (QED) is 0.697. The molecule has 2 aromatic carbocycles. The fourth-order valence-electron chi connectivity index (χ4n) is 2.46. The summed E-state index contributed by atoms with van der Waals surface area (Å²) in [6.07, 6.45) is 3.37. The normalized spacial score (nSPS) is 10.3. The van der Waals surface area contributed by atoms with Gasteiger partial charge in [-0.05, 0) is 54.4 Å². The summed E-state index contributed by atoms with van der Waals surface area (Å²) >= 11 is 6.09. The van der Waals surface area contributed by atoms with Crippen LogP contribution >= 0.6 is 11.6 Å². The van der Waals surface area contributed by atoms with Crippen LogP contribution in [0.2, 0.25) is 5.02 Å². The van der Waals surface area contributed by atoms with Gasteiger partial charge in [0.05, 0.1) is 0 Å². The predicted molar refractivity (Wildman–Crippen MR) is 106 cm³/mol. The lowest BCUT2D eigenvalue weighted by atomic mass is 10.1. The second-order valence-corrected chi connectivity index (χ2v) is 6.45. The molecule has 1 aromatic heterocycles. The first-order valence-electron chi connectivity index (χ1n) is 8.37. The zero-order chi connectivity index (χ0) is 19.2. The Bertz CT molecular complexity index is 974. The van der Waals surface area contributed by atoms with Gasteiger partial charge in [-0.2, -0.15) is 0 Å². The number of halogens is 1. The van der Waals surface area contributed by atoms with Gasteiger partial charge in [0.25, 0.3) is 11.8 Å². The van der Waals surface area contributed by atoms with Crippen molar-refractivity contribution in [1.29, 1.82) is 0 Å². The molecule has 0 aliphatic carbocycles. The standard InChI is InChI=1S/C21H18ClN3O2/c1-14-7-8-18(11-19(14)22)25-21(27)17-6-2-5-16(10-17)20(26)24-13-15-4-3-9-23-12-15/h2-12H,13H2,1H3,(H,24,26)(H,25,27). The van der Waals surface area contributed by atoms with Crippen molar-refractivity contribution in [2.45, 2.75) is 13.5 Å². The summed E-state index contributed by atoms with van der Waals surface area (Å²) in [4.78, 5) is 28.8. The van der Waals surface area contributed by atoms with Crippen molar-refractivity contribution in [2.75, 3.05) is 5.32 Å². The molecule has 0 atom stereocenters. The maximum Gasteiger partial charge on any atom is 0.255 e. The van der Waals surface area contributed by atoms with E-state index in [0.29, 0.717) is 28.4 Å². The van der Waals surface area contributed by atoms with Crippen LogP contribution < -0.4 is 10.6 Å². The number of hydrogen-bond acceptors (Lipinski definition) is 3. The van der Waals surface area contributed by atoms with E-state index in [2.05, 4.69) is 15.6 Å². The molecule has 2 N–H and O–H groups in total. The average Bonchev–Trinajstić information content (AvgIpc) is 2.70. The molecule has 0 aliphatic heterocycles. The number of nitrogens with zero attached hydrogens (tertiary/aromatic N) is 1. The monoisotopic (exact) mass is 379 g/mol. The topological polar surface area (TPSA) is 71.1 Å². The second-order valence-electron chi connectivity index (χ2n) is 6.04. The highest BCUT2D eigenvalue weighted by atomic mass is 35.5.